The van der Waals surface area contributed by atoms with Crippen molar-refractivity contribution in [2.75, 3.05) is 32.1 Å². The molecular weight excluding hydrogens is 502 g/mol. The van der Waals surface area contributed by atoms with E-state index in [0.29, 0.717) is 23.6 Å². The van der Waals surface area contributed by atoms with Crippen LogP contribution in [-0.2, 0) is 21.8 Å². The first-order valence-corrected chi connectivity index (χ1v) is 13.6. The lowest BCUT2D eigenvalue weighted by atomic mass is 10.1. The van der Waals surface area contributed by atoms with E-state index in [1.807, 2.05) is 42.5 Å². The van der Waals surface area contributed by atoms with E-state index in [9.17, 15) is 14.7 Å². The van der Waals surface area contributed by atoms with Crippen LogP contribution in [0.4, 0.5) is 5.69 Å². The Hall–Kier alpha value is -3.53. The van der Waals surface area contributed by atoms with Crippen LogP contribution in [-0.4, -0.2) is 49.8 Å². The fraction of sp³-hybridized carbons (Fsp3) is 0.310. The number of aromatic hydroxyl groups is 1. The fourth-order valence-corrected chi connectivity index (χ4v) is 5.11. The van der Waals surface area contributed by atoms with Crippen molar-refractivity contribution < 1.29 is 24.2 Å². The monoisotopic (exact) mass is 535 g/mol. The molecule has 4 N–H and O–H groups in total. The summed E-state index contributed by atoms with van der Waals surface area (Å²) in [6.45, 7) is 1.98. The van der Waals surface area contributed by atoms with Crippen molar-refractivity contribution in [2.24, 2.45) is 0 Å². The first-order chi connectivity index (χ1) is 18.5. The van der Waals surface area contributed by atoms with E-state index in [0.717, 1.165) is 41.2 Å². The van der Waals surface area contributed by atoms with Crippen LogP contribution in [0.15, 0.2) is 71.6 Å². The van der Waals surface area contributed by atoms with Crippen LogP contribution in [0.2, 0.25) is 0 Å². The minimum atomic E-state index is -0.199. The van der Waals surface area contributed by atoms with Crippen molar-refractivity contribution in [1.82, 2.24) is 10.6 Å². The highest BCUT2D eigenvalue weighted by molar-refractivity contribution is 7.98. The Kier molecular flexibility index (Phi) is 10.0. The number of nitrogens with one attached hydrogen (secondary N) is 3. The zero-order valence-electron chi connectivity index (χ0n) is 21.4. The molecule has 200 valence electrons. The Morgan fingerprint density at radius 1 is 1.11 bits per heavy atom. The zero-order chi connectivity index (χ0) is 26.7. The second-order valence-corrected chi connectivity index (χ2v) is 10.00. The summed E-state index contributed by atoms with van der Waals surface area (Å²) in [5.41, 5.74) is 3.08. The lowest BCUT2D eigenvalue weighted by molar-refractivity contribution is -0.115. The number of hydrogen-bond donors (Lipinski definition) is 4. The topological polar surface area (TPSA) is 109 Å². The third-order valence-corrected chi connectivity index (χ3v) is 7.28. The van der Waals surface area contributed by atoms with E-state index in [2.05, 4.69) is 16.0 Å². The van der Waals surface area contributed by atoms with Crippen LogP contribution in [0, 0.1) is 0 Å². The van der Waals surface area contributed by atoms with Gasteiger partial charge in [0.05, 0.1) is 25.4 Å². The van der Waals surface area contributed by atoms with Crippen LogP contribution in [0.5, 0.6) is 11.5 Å². The molecular formula is C29H33N3O5S. The van der Waals surface area contributed by atoms with Gasteiger partial charge in [0.15, 0.2) is 0 Å². The third-order valence-electron chi connectivity index (χ3n) is 6.14. The van der Waals surface area contributed by atoms with Crippen LogP contribution in [0.1, 0.15) is 34.3 Å². The maximum absolute atomic E-state index is 12.8. The van der Waals surface area contributed by atoms with E-state index in [1.165, 1.54) is 13.2 Å². The fourth-order valence-electron chi connectivity index (χ4n) is 4.16. The van der Waals surface area contributed by atoms with Gasteiger partial charge in [0.25, 0.3) is 5.91 Å². The Morgan fingerprint density at radius 2 is 1.97 bits per heavy atom. The lowest BCUT2D eigenvalue weighted by Crippen LogP contribution is -2.33. The third kappa shape index (κ3) is 7.98. The predicted octanol–water partition coefficient (Wildman–Crippen LogP) is 4.33. The molecule has 1 heterocycles. The number of carbonyl (C=O) groups excluding carboxylic acids is 2. The summed E-state index contributed by atoms with van der Waals surface area (Å²) < 4.78 is 10.9. The van der Waals surface area contributed by atoms with Crippen molar-refractivity contribution in [3.8, 4) is 11.5 Å². The molecule has 1 aliphatic heterocycles. The van der Waals surface area contributed by atoms with E-state index in [-0.39, 0.29) is 36.8 Å². The maximum atomic E-state index is 12.8. The number of amides is 2. The molecule has 0 aliphatic carbocycles. The average molecular weight is 536 g/mol. The standard InChI is InChI=1S/C29H33N3O5S/c1-36-26-15-23(33)12-11-22(26)16-31-29(35)21-7-4-6-20(14-21)19-38-27-10-3-2-9-25(27)32-28(34)18-30-17-24-8-5-13-37-24/h2-4,6-7,9-12,14-15,24,30,33H,5,8,13,16-19H2,1H3,(H,31,35)(H,32,34). The molecule has 0 spiro atoms. The van der Waals surface area contributed by atoms with Gasteiger partial charge in [0.2, 0.25) is 5.91 Å². The smallest absolute Gasteiger partial charge is 0.251 e. The molecule has 9 heteroatoms. The molecule has 0 saturated carbocycles. The van der Waals surface area contributed by atoms with Gasteiger partial charge in [-0.15, -0.1) is 11.8 Å². The first kappa shape index (κ1) is 27.5. The number of benzene rings is 3. The molecule has 8 nitrogen and oxygen atoms in total. The van der Waals surface area contributed by atoms with Gasteiger partial charge in [0, 0.05) is 47.5 Å². The molecule has 2 amide bonds. The predicted molar refractivity (Wildman–Crippen MR) is 149 cm³/mol. The Bertz CT molecular complexity index is 1250. The largest absolute Gasteiger partial charge is 0.508 e. The number of anilines is 1. The molecule has 1 unspecified atom stereocenters. The molecule has 3 aromatic rings. The molecule has 1 saturated heterocycles. The van der Waals surface area contributed by atoms with Crippen molar-refractivity contribution in [2.45, 2.75) is 36.1 Å². The van der Waals surface area contributed by atoms with Gasteiger partial charge in [-0.05, 0) is 54.8 Å². The number of phenolic OH excluding ortho intramolecular Hbond substituents is 1. The number of hydrogen-bond acceptors (Lipinski definition) is 7. The molecule has 1 aliphatic rings. The average Bonchev–Trinajstić information content (AvgIpc) is 3.45. The summed E-state index contributed by atoms with van der Waals surface area (Å²) in [5, 5.41) is 18.7. The van der Waals surface area contributed by atoms with E-state index in [1.54, 1.807) is 30.0 Å². The number of para-hydroxylation sites is 1. The van der Waals surface area contributed by atoms with Crippen molar-refractivity contribution >= 4 is 29.3 Å². The highest BCUT2D eigenvalue weighted by Gasteiger charge is 2.15. The lowest BCUT2D eigenvalue weighted by Gasteiger charge is -2.13. The van der Waals surface area contributed by atoms with Crippen LogP contribution in [0.3, 0.4) is 0 Å². The SMILES string of the molecule is COc1cc(O)ccc1CNC(=O)c1cccc(CSc2ccccc2NC(=O)CNCC2CCCO2)c1. The van der Waals surface area contributed by atoms with Crippen LogP contribution in [0.25, 0.3) is 0 Å². The van der Waals surface area contributed by atoms with Gasteiger partial charge in [-0.25, -0.2) is 0 Å². The van der Waals surface area contributed by atoms with Gasteiger partial charge in [-0.1, -0.05) is 24.3 Å². The second-order valence-electron chi connectivity index (χ2n) is 8.98. The second kappa shape index (κ2) is 13.9. The van der Waals surface area contributed by atoms with Gasteiger partial charge in [-0.2, -0.15) is 0 Å². The normalized spacial score (nSPS) is 14.7. The molecule has 38 heavy (non-hydrogen) atoms. The summed E-state index contributed by atoms with van der Waals surface area (Å²) >= 11 is 1.60. The van der Waals surface area contributed by atoms with Crippen molar-refractivity contribution in [3.63, 3.8) is 0 Å². The summed E-state index contributed by atoms with van der Waals surface area (Å²) in [4.78, 5) is 26.2. The Balaban J connectivity index is 1.30. The minimum absolute atomic E-state index is 0.0972. The Labute approximate surface area is 227 Å². The van der Waals surface area contributed by atoms with E-state index in [4.69, 9.17) is 9.47 Å². The molecule has 1 fully saturated rings. The number of thioether (sulfide) groups is 1. The number of carbonyl (C=O) groups is 2. The highest BCUT2D eigenvalue weighted by Crippen LogP contribution is 2.30. The van der Waals surface area contributed by atoms with Gasteiger partial charge in [-0.3, -0.25) is 9.59 Å². The number of rotatable bonds is 12. The van der Waals surface area contributed by atoms with Crippen molar-refractivity contribution in [1.29, 1.82) is 0 Å². The number of ether oxygens (including phenoxy) is 2. The quantitative estimate of drug-likeness (QED) is 0.256. The van der Waals surface area contributed by atoms with Gasteiger partial charge in [0.1, 0.15) is 11.5 Å². The molecule has 1 atom stereocenters. The maximum Gasteiger partial charge on any atom is 0.251 e. The number of methoxy groups -OCH3 is 1. The van der Waals surface area contributed by atoms with E-state index < -0.39 is 0 Å². The van der Waals surface area contributed by atoms with Gasteiger partial charge < -0.3 is 30.5 Å². The first-order valence-electron chi connectivity index (χ1n) is 12.6. The minimum Gasteiger partial charge on any atom is -0.508 e. The van der Waals surface area contributed by atoms with Crippen LogP contribution < -0.4 is 20.7 Å². The van der Waals surface area contributed by atoms with Crippen molar-refractivity contribution in [3.05, 3.63) is 83.4 Å². The number of phenols is 1. The summed E-state index contributed by atoms with van der Waals surface area (Å²) in [6.07, 6.45) is 2.30. The van der Waals surface area contributed by atoms with E-state index >= 15 is 0 Å². The Morgan fingerprint density at radius 3 is 2.79 bits per heavy atom. The summed E-state index contributed by atoms with van der Waals surface area (Å²) in [5.74, 6) is 0.959. The van der Waals surface area contributed by atoms with Crippen LogP contribution >= 0.6 is 11.8 Å². The summed E-state index contributed by atoms with van der Waals surface area (Å²) in [6, 6.07) is 20.0. The van der Waals surface area contributed by atoms with Gasteiger partial charge >= 0.3 is 0 Å². The molecule has 0 bridgehead atoms. The summed E-state index contributed by atoms with van der Waals surface area (Å²) in [7, 11) is 1.52. The molecule has 0 radical (unpaired) electrons. The zero-order valence-corrected chi connectivity index (χ0v) is 22.2. The molecule has 0 aromatic heterocycles. The molecule has 4 rings (SSSR count). The molecule has 3 aromatic carbocycles. The highest BCUT2D eigenvalue weighted by atomic mass is 32.2.